The van der Waals surface area contributed by atoms with Crippen molar-refractivity contribution >= 4 is 11.6 Å². The number of hydrogen-bond donors (Lipinski definition) is 1. The van der Waals surface area contributed by atoms with Crippen LogP contribution in [-0.2, 0) is 6.42 Å². The lowest BCUT2D eigenvalue weighted by Crippen LogP contribution is -2.51. The van der Waals surface area contributed by atoms with Crippen LogP contribution in [0.25, 0.3) is 0 Å². The van der Waals surface area contributed by atoms with Gasteiger partial charge in [0.2, 0.25) is 0 Å². The average molecular weight is 266 g/mol. The number of halogens is 1. The van der Waals surface area contributed by atoms with E-state index in [-0.39, 0.29) is 0 Å². The second-order valence-electron chi connectivity index (χ2n) is 6.07. The summed E-state index contributed by atoms with van der Waals surface area (Å²) in [6.45, 7) is 5.81. The van der Waals surface area contributed by atoms with Crippen LogP contribution >= 0.6 is 11.6 Å². The Morgan fingerprint density at radius 1 is 1.22 bits per heavy atom. The van der Waals surface area contributed by atoms with E-state index in [1.54, 1.807) is 0 Å². The van der Waals surface area contributed by atoms with Gasteiger partial charge in [0.1, 0.15) is 0 Å². The monoisotopic (exact) mass is 265 g/mol. The molecule has 0 spiro atoms. The molecule has 1 aliphatic heterocycles. The maximum atomic E-state index is 5.96. The van der Waals surface area contributed by atoms with Crippen molar-refractivity contribution in [1.82, 2.24) is 5.32 Å². The van der Waals surface area contributed by atoms with Gasteiger partial charge < -0.3 is 5.32 Å². The van der Waals surface area contributed by atoms with Crippen molar-refractivity contribution in [2.75, 3.05) is 6.54 Å². The molecule has 1 saturated heterocycles. The van der Waals surface area contributed by atoms with E-state index in [0.717, 1.165) is 17.4 Å². The number of nitrogens with one attached hydrogen (secondary N) is 1. The molecule has 1 fully saturated rings. The highest BCUT2D eigenvalue weighted by Gasteiger charge is 2.32. The molecule has 100 valence electrons. The van der Waals surface area contributed by atoms with Crippen LogP contribution in [0.1, 0.15) is 45.1 Å². The molecule has 0 saturated carbocycles. The molecule has 0 bridgehead atoms. The Bertz CT molecular complexity index is 363. The summed E-state index contributed by atoms with van der Waals surface area (Å²) >= 11 is 5.96. The molecule has 2 heteroatoms. The number of benzene rings is 1. The predicted octanol–water partition coefficient (Wildman–Crippen LogP) is 4.44. The second kappa shape index (κ2) is 6.08. The van der Waals surface area contributed by atoms with Crippen LogP contribution in [-0.4, -0.2) is 12.1 Å². The summed E-state index contributed by atoms with van der Waals surface area (Å²) in [4.78, 5) is 0. The van der Waals surface area contributed by atoms with E-state index in [0.29, 0.717) is 5.54 Å². The second-order valence-corrected chi connectivity index (χ2v) is 6.50. The molecule has 1 unspecified atom stereocenters. The van der Waals surface area contributed by atoms with Crippen molar-refractivity contribution in [2.45, 2.75) is 51.5 Å². The largest absolute Gasteiger partial charge is 0.311 e. The van der Waals surface area contributed by atoms with Gasteiger partial charge in [0.15, 0.2) is 0 Å². The SMILES string of the molecule is CC(C)CC1(Cc2ccc(Cl)cc2)CCCCN1. The Balaban J connectivity index is 2.11. The maximum Gasteiger partial charge on any atom is 0.0406 e. The summed E-state index contributed by atoms with van der Waals surface area (Å²) in [5.41, 5.74) is 1.70. The maximum absolute atomic E-state index is 5.96. The van der Waals surface area contributed by atoms with E-state index in [1.807, 2.05) is 12.1 Å². The summed E-state index contributed by atoms with van der Waals surface area (Å²) in [6, 6.07) is 8.34. The third-order valence-corrected chi connectivity index (χ3v) is 4.09. The topological polar surface area (TPSA) is 12.0 Å². The van der Waals surface area contributed by atoms with E-state index in [1.165, 1.54) is 37.8 Å². The lowest BCUT2D eigenvalue weighted by Gasteiger charge is -2.40. The molecular weight excluding hydrogens is 242 g/mol. The first-order valence-corrected chi connectivity index (χ1v) is 7.47. The van der Waals surface area contributed by atoms with E-state index in [4.69, 9.17) is 11.6 Å². The Morgan fingerprint density at radius 2 is 1.94 bits per heavy atom. The third kappa shape index (κ3) is 3.73. The van der Waals surface area contributed by atoms with E-state index >= 15 is 0 Å². The van der Waals surface area contributed by atoms with Crippen molar-refractivity contribution in [3.8, 4) is 0 Å². The van der Waals surface area contributed by atoms with Gasteiger partial charge in [0, 0.05) is 10.6 Å². The molecule has 1 atom stereocenters. The van der Waals surface area contributed by atoms with E-state index in [9.17, 15) is 0 Å². The lowest BCUT2D eigenvalue weighted by molar-refractivity contribution is 0.210. The first-order chi connectivity index (χ1) is 8.60. The minimum atomic E-state index is 0.306. The highest BCUT2D eigenvalue weighted by Crippen LogP contribution is 2.30. The van der Waals surface area contributed by atoms with Gasteiger partial charge in [-0.3, -0.25) is 0 Å². The molecule has 0 aromatic heterocycles. The molecule has 1 aliphatic rings. The molecule has 1 aromatic carbocycles. The van der Waals surface area contributed by atoms with Gasteiger partial charge in [0.25, 0.3) is 0 Å². The minimum Gasteiger partial charge on any atom is -0.311 e. The zero-order valence-corrected chi connectivity index (χ0v) is 12.3. The standard InChI is InChI=1S/C16H24ClN/c1-13(2)11-16(9-3-4-10-18-16)12-14-5-7-15(17)8-6-14/h5-8,13,18H,3-4,9-12H2,1-2H3. The van der Waals surface area contributed by atoms with Crippen molar-refractivity contribution in [3.05, 3.63) is 34.9 Å². The van der Waals surface area contributed by atoms with Gasteiger partial charge >= 0.3 is 0 Å². The molecule has 0 radical (unpaired) electrons. The summed E-state index contributed by atoms with van der Waals surface area (Å²) in [6.07, 6.45) is 6.36. The summed E-state index contributed by atoms with van der Waals surface area (Å²) in [5.74, 6) is 0.739. The summed E-state index contributed by atoms with van der Waals surface area (Å²) < 4.78 is 0. The molecule has 1 heterocycles. The van der Waals surface area contributed by atoms with Crippen LogP contribution in [0.3, 0.4) is 0 Å². The van der Waals surface area contributed by atoms with Gasteiger partial charge in [-0.15, -0.1) is 0 Å². The van der Waals surface area contributed by atoms with Crippen LogP contribution in [0.4, 0.5) is 0 Å². The highest BCUT2D eigenvalue weighted by atomic mass is 35.5. The Kier molecular flexibility index (Phi) is 4.69. The summed E-state index contributed by atoms with van der Waals surface area (Å²) in [7, 11) is 0. The molecule has 1 N–H and O–H groups in total. The van der Waals surface area contributed by atoms with Crippen LogP contribution < -0.4 is 5.32 Å². The van der Waals surface area contributed by atoms with Crippen LogP contribution in [0.5, 0.6) is 0 Å². The van der Waals surface area contributed by atoms with Crippen molar-refractivity contribution in [3.63, 3.8) is 0 Å². The zero-order chi connectivity index (χ0) is 13.0. The van der Waals surface area contributed by atoms with Gasteiger partial charge in [0.05, 0.1) is 0 Å². The first kappa shape index (κ1) is 13.9. The molecular formula is C16H24ClN. The fraction of sp³-hybridized carbons (Fsp3) is 0.625. The lowest BCUT2D eigenvalue weighted by atomic mass is 9.77. The van der Waals surface area contributed by atoms with Gasteiger partial charge in [-0.25, -0.2) is 0 Å². The molecule has 18 heavy (non-hydrogen) atoms. The van der Waals surface area contributed by atoms with Crippen molar-refractivity contribution < 1.29 is 0 Å². The quantitative estimate of drug-likeness (QED) is 0.849. The average Bonchev–Trinajstić information content (AvgIpc) is 2.32. The molecule has 0 amide bonds. The van der Waals surface area contributed by atoms with Crippen LogP contribution in [0.15, 0.2) is 24.3 Å². The van der Waals surface area contributed by atoms with Gasteiger partial charge in [-0.2, -0.15) is 0 Å². The normalized spacial score (nSPS) is 24.4. The van der Waals surface area contributed by atoms with E-state index in [2.05, 4.69) is 31.3 Å². The summed E-state index contributed by atoms with van der Waals surface area (Å²) in [5, 5.41) is 4.62. The molecule has 1 aromatic rings. The fourth-order valence-electron chi connectivity index (χ4n) is 3.20. The number of piperidine rings is 1. The van der Waals surface area contributed by atoms with Crippen LogP contribution in [0.2, 0.25) is 5.02 Å². The number of hydrogen-bond acceptors (Lipinski definition) is 1. The minimum absolute atomic E-state index is 0.306. The number of rotatable bonds is 4. The van der Waals surface area contributed by atoms with E-state index < -0.39 is 0 Å². The molecule has 2 rings (SSSR count). The van der Waals surface area contributed by atoms with Gasteiger partial charge in [-0.1, -0.05) is 44.0 Å². The Labute approximate surface area is 116 Å². The molecule has 1 nitrogen and oxygen atoms in total. The smallest absolute Gasteiger partial charge is 0.0406 e. The third-order valence-electron chi connectivity index (χ3n) is 3.84. The Hall–Kier alpha value is -0.530. The molecule has 0 aliphatic carbocycles. The highest BCUT2D eigenvalue weighted by molar-refractivity contribution is 6.30. The fourth-order valence-corrected chi connectivity index (χ4v) is 3.33. The van der Waals surface area contributed by atoms with Gasteiger partial charge in [-0.05, 0) is 55.8 Å². The van der Waals surface area contributed by atoms with Crippen molar-refractivity contribution in [1.29, 1.82) is 0 Å². The predicted molar refractivity (Wildman–Crippen MR) is 79.2 cm³/mol. The van der Waals surface area contributed by atoms with Crippen LogP contribution in [0, 0.1) is 5.92 Å². The Morgan fingerprint density at radius 3 is 2.50 bits per heavy atom. The first-order valence-electron chi connectivity index (χ1n) is 7.09. The zero-order valence-electron chi connectivity index (χ0n) is 11.5. The van der Waals surface area contributed by atoms with Crippen molar-refractivity contribution in [2.24, 2.45) is 5.92 Å².